The van der Waals surface area contributed by atoms with Gasteiger partial charge in [0.1, 0.15) is 5.60 Å². The van der Waals surface area contributed by atoms with Crippen molar-refractivity contribution in [2.45, 2.75) is 64.3 Å². The Kier molecular flexibility index (Phi) is 7.85. The van der Waals surface area contributed by atoms with Gasteiger partial charge in [-0.2, -0.15) is 4.31 Å². The van der Waals surface area contributed by atoms with Crippen LogP contribution in [0.5, 0.6) is 0 Å². The molecule has 1 aromatic heterocycles. The molecule has 0 saturated carbocycles. The Morgan fingerprint density at radius 2 is 1.82 bits per heavy atom. The lowest BCUT2D eigenvalue weighted by molar-refractivity contribution is 0.0365. The smallest absolute Gasteiger partial charge is 0.407 e. The molecule has 1 fully saturated rings. The highest BCUT2D eigenvalue weighted by atomic mass is 32.2. The van der Waals surface area contributed by atoms with Gasteiger partial charge in [0.2, 0.25) is 10.0 Å². The molecular weight excluding hydrogens is 522 g/mol. The molecule has 1 aliphatic heterocycles. The number of nitrogens with one attached hydrogen (secondary N) is 1. The number of benzene rings is 2. The molecule has 1 saturated heterocycles. The highest BCUT2D eigenvalue weighted by Gasteiger charge is 2.35. The maximum Gasteiger partial charge on any atom is 0.407 e. The van der Waals surface area contributed by atoms with Crippen LogP contribution in [0.15, 0.2) is 58.4 Å². The minimum Gasteiger partial charge on any atom is -0.444 e. The van der Waals surface area contributed by atoms with Gasteiger partial charge in [-0.1, -0.05) is 23.8 Å². The van der Waals surface area contributed by atoms with E-state index in [4.69, 9.17) is 9.47 Å². The highest BCUT2D eigenvalue weighted by Crippen LogP contribution is 2.27. The number of aryl methyl sites for hydroxylation is 2. The number of sulfonamides is 1. The van der Waals surface area contributed by atoms with Gasteiger partial charge < -0.3 is 14.8 Å². The lowest BCUT2D eigenvalue weighted by Gasteiger charge is -2.22. The molecule has 1 unspecified atom stereocenters. The molecule has 39 heavy (non-hydrogen) atoms. The summed E-state index contributed by atoms with van der Waals surface area (Å²) in [6.07, 6.45) is 1.24. The van der Waals surface area contributed by atoms with Gasteiger partial charge in [-0.3, -0.25) is 9.36 Å². The van der Waals surface area contributed by atoms with Crippen LogP contribution in [0.4, 0.5) is 4.79 Å². The van der Waals surface area contributed by atoms with Crippen molar-refractivity contribution in [1.29, 1.82) is 0 Å². The van der Waals surface area contributed by atoms with Crippen LogP contribution in [0, 0.1) is 13.8 Å². The molecule has 2 aromatic carbocycles. The van der Waals surface area contributed by atoms with E-state index < -0.39 is 39.3 Å². The van der Waals surface area contributed by atoms with Crippen molar-refractivity contribution in [1.82, 2.24) is 14.2 Å². The normalized spacial score (nSPS) is 16.3. The molecule has 1 atom stereocenters. The van der Waals surface area contributed by atoms with Crippen LogP contribution in [0.2, 0.25) is 0 Å². The Balaban J connectivity index is 1.52. The molecular formula is C28H33N3O7S. The first-order valence-corrected chi connectivity index (χ1v) is 14.1. The van der Waals surface area contributed by atoms with Crippen LogP contribution < -0.4 is 10.9 Å². The number of hydrogen-bond acceptors (Lipinski definition) is 7. The third-order valence-corrected chi connectivity index (χ3v) is 8.33. The van der Waals surface area contributed by atoms with E-state index in [0.29, 0.717) is 12.0 Å². The van der Waals surface area contributed by atoms with Crippen LogP contribution in [-0.2, 0) is 26.2 Å². The first kappa shape index (κ1) is 28.3. The zero-order chi connectivity index (χ0) is 28.5. The third kappa shape index (κ3) is 6.31. The number of carbonyl (C=O) groups is 2. The number of fused-ring (bicyclic) bond motifs is 1. The number of ether oxygens (including phenoxy) is 2. The average molecular weight is 556 g/mol. The van der Waals surface area contributed by atoms with Crippen LogP contribution in [0.25, 0.3) is 10.8 Å². The Bertz CT molecular complexity index is 1590. The molecule has 11 heteroatoms. The minimum atomic E-state index is -3.96. The number of hydrogen-bond donors (Lipinski definition) is 1. The molecule has 3 aromatic rings. The van der Waals surface area contributed by atoms with Gasteiger partial charge in [-0.25, -0.2) is 18.0 Å². The van der Waals surface area contributed by atoms with Gasteiger partial charge in [0, 0.05) is 36.1 Å². The number of rotatable bonds is 6. The van der Waals surface area contributed by atoms with Gasteiger partial charge in [0.15, 0.2) is 6.73 Å². The molecule has 0 spiro atoms. The topological polar surface area (TPSA) is 124 Å². The van der Waals surface area contributed by atoms with E-state index in [-0.39, 0.29) is 35.5 Å². The number of amides is 1. The van der Waals surface area contributed by atoms with E-state index in [9.17, 15) is 22.8 Å². The maximum atomic E-state index is 13.5. The third-order valence-electron chi connectivity index (χ3n) is 6.40. The molecule has 1 N–H and O–H groups in total. The van der Waals surface area contributed by atoms with Crippen LogP contribution in [0.3, 0.4) is 0 Å². The fourth-order valence-electron chi connectivity index (χ4n) is 4.54. The van der Waals surface area contributed by atoms with E-state index >= 15 is 0 Å². The predicted octanol–water partition coefficient (Wildman–Crippen LogP) is 3.72. The lowest BCUT2D eigenvalue weighted by atomic mass is 10.1. The largest absolute Gasteiger partial charge is 0.444 e. The molecule has 1 amide bonds. The van der Waals surface area contributed by atoms with Crippen molar-refractivity contribution in [3.8, 4) is 0 Å². The first-order valence-electron chi connectivity index (χ1n) is 12.6. The van der Waals surface area contributed by atoms with Gasteiger partial charge in [-0.15, -0.1) is 0 Å². The summed E-state index contributed by atoms with van der Waals surface area (Å²) in [4.78, 5) is 37.9. The van der Waals surface area contributed by atoms with Gasteiger partial charge in [0.25, 0.3) is 5.56 Å². The summed E-state index contributed by atoms with van der Waals surface area (Å²) in [7, 11) is -3.96. The molecule has 4 rings (SSSR count). The number of pyridine rings is 1. The summed E-state index contributed by atoms with van der Waals surface area (Å²) in [5, 5.41) is 3.17. The Labute approximate surface area is 227 Å². The SMILES string of the molecule is Cc1ccc(C(=O)OCn2ccc3c(S(=O)(=O)N4CCC(NC(=O)OC(C)(C)C)C4)cccc3c2=O)c(C)c1. The monoisotopic (exact) mass is 555 g/mol. The molecule has 208 valence electrons. The van der Waals surface area contributed by atoms with Crippen molar-refractivity contribution in [2.24, 2.45) is 0 Å². The second kappa shape index (κ2) is 10.8. The zero-order valence-electron chi connectivity index (χ0n) is 22.7. The Morgan fingerprint density at radius 1 is 1.08 bits per heavy atom. The quantitative estimate of drug-likeness (QED) is 0.460. The fraction of sp³-hybridized carbons (Fsp3) is 0.393. The van der Waals surface area contributed by atoms with Crippen LogP contribution >= 0.6 is 0 Å². The van der Waals surface area contributed by atoms with Crippen LogP contribution in [0.1, 0.15) is 48.7 Å². The second-order valence-electron chi connectivity index (χ2n) is 10.7. The molecule has 0 aliphatic carbocycles. The van der Waals surface area contributed by atoms with Gasteiger partial charge in [0.05, 0.1) is 10.5 Å². The average Bonchev–Trinajstić information content (AvgIpc) is 3.31. The van der Waals surface area contributed by atoms with Crippen molar-refractivity contribution < 1.29 is 27.5 Å². The van der Waals surface area contributed by atoms with E-state index in [0.717, 1.165) is 11.1 Å². The molecule has 1 aliphatic rings. The summed E-state index contributed by atoms with van der Waals surface area (Å²) < 4.78 is 40.2. The highest BCUT2D eigenvalue weighted by molar-refractivity contribution is 7.89. The van der Waals surface area contributed by atoms with Gasteiger partial charge in [-0.05, 0) is 70.9 Å². The van der Waals surface area contributed by atoms with Crippen molar-refractivity contribution in [3.05, 3.63) is 75.7 Å². The van der Waals surface area contributed by atoms with Crippen molar-refractivity contribution in [3.63, 3.8) is 0 Å². The molecule has 2 heterocycles. The summed E-state index contributed by atoms with van der Waals surface area (Å²) in [6.45, 7) is 8.97. The van der Waals surface area contributed by atoms with Crippen LogP contribution in [-0.4, -0.2) is 54.1 Å². The lowest BCUT2D eigenvalue weighted by Crippen LogP contribution is -2.41. The summed E-state index contributed by atoms with van der Waals surface area (Å²) in [6, 6.07) is 11.0. The number of carbonyl (C=O) groups excluding carboxylic acids is 2. The number of nitrogens with zero attached hydrogens (tertiary/aromatic N) is 2. The van der Waals surface area contributed by atoms with E-state index in [1.54, 1.807) is 26.8 Å². The minimum absolute atomic E-state index is 0.00515. The van der Waals surface area contributed by atoms with E-state index in [1.165, 1.54) is 39.3 Å². The van der Waals surface area contributed by atoms with E-state index in [2.05, 4.69) is 5.32 Å². The molecule has 10 nitrogen and oxygen atoms in total. The summed E-state index contributed by atoms with van der Waals surface area (Å²) in [5.74, 6) is -0.556. The van der Waals surface area contributed by atoms with Crippen molar-refractivity contribution >= 4 is 32.9 Å². The zero-order valence-corrected chi connectivity index (χ0v) is 23.5. The number of alkyl carbamates (subject to hydrolysis) is 1. The van der Waals surface area contributed by atoms with E-state index in [1.807, 2.05) is 26.0 Å². The second-order valence-corrected chi connectivity index (χ2v) is 12.6. The Hall–Kier alpha value is -3.70. The first-order chi connectivity index (χ1) is 18.3. The predicted molar refractivity (Wildman–Crippen MR) is 146 cm³/mol. The number of aromatic nitrogens is 1. The van der Waals surface area contributed by atoms with Gasteiger partial charge >= 0.3 is 12.1 Å². The Morgan fingerprint density at radius 3 is 2.51 bits per heavy atom. The molecule has 0 radical (unpaired) electrons. The summed E-state index contributed by atoms with van der Waals surface area (Å²) in [5.41, 5.74) is 1.05. The molecule has 0 bridgehead atoms. The summed E-state index contributed by atoms with van der Waals surface area (Å²) >= 11 is 0. The standard InChI is InChI=1S/C28H33N3O7S/c1-18-9-10-21(19(2)15-18)26(33)37-17-30-13-12-22-23(25(30)32)7-6-8-24(22)39(35,36)31-14-11-20(16-31)29-27(34)38-28(3,4)5/h6-10,12-13,15,20H,11,14,16-17H2,1-5H3,(H,29,34). The maximum absolute atomic E-state index is 13.5. The fourth-order valence-corrected chi connectivity index (χ4v) is 6.25. The number of esters is 1. The van der Waals surface area contributed by atoms with Crippen molar-refractivity contribution in [2.75, 3.05) is 13.1 Å².